The van der Waals surface area contributed by atoms with Gasteiger partial charge in [0.15, 0.2) is 0 Å². The first-order chi connectivity index (χ1) is 7.83. The van der Waals surface area contributed by atoms with E-state index in [1.165, 1.54) is 25.7 Å². The van der Waals surface area contributed by atoms with Crippen molar-refractivity contribution in [3.05, 3.63) is 0 Å². The van der Waals surface area contributed by atoms with Gasteiger partial charge >= 0.3 is 0 Å². The summed E-state index contributed by atoms with van der Waals surface area (Å²) in [6.45, 7) is 4.61. The molecular weight excluding hydrogens is 204 g/mol. The number of aliphatic hydroxyl groups excluding tert-OH is 1. The highest BCUT2D eigenvalue weighted by molar-refractivity contribution is 4.82. The molecule has 1 heterocycles. The largest absolute Gasteiger partial charge is 0.396 e. The van der Waals surface area contributed by atoms with Crippen LogP contribution in [0.15, 0.2) is 0 Å². The molecule has 0 amide bonds. The first-order valence-corrected chi connectivity index (χ1v) is 6.65. The fourth-order valence-corrected chi connectivity index (χ4v) is 2.31. The van der Waals surface area contributed by atoms with Crippen LogP contribution in [0.5, 0.6) is 0 Å². The van der Waals surface area contributed by atoms with E-state index in [1.54, 1.807) is 0 Å². The highest BCUT2D eigenvalue weighted by atomic mass is 16.6. The Balaban J connectivity index is 2.30. The standard InChI is InChI=1S/C13H26O3/c1-2-3-4-5-7-13(8-6-9-14)12-15-10-11-16-13/h14H,2-12H2,1H3. The second-order valence-electron chi connectivity index (χ2n) is 4.72. The van der Waals surface area contributed by atoms with Gasteiger partial charge in [-0.05, 0) is 19.3 Å². The normalized spacial score (nSPS) is 25.9. The molecule has 1 aliphatic heterocycles. The number of ether oxygens (including phenoxy) is 2. The fraction of sp³-hybridized carbons (Fsp3) is 1.00. The van der Waals surface area contributed by atoms with Crippen LogP contribution in [0.4, 0.5) is 0 Å². The molecule has 1 saturated heterocycles. The van der Waals surface area contributed by atoms with E-state index in [1.807, 2.05) is 0 Å². The predicted molar refractivity (Wildman–Crippen MR) is 64.6 cm³/mol. The zero-order valence-electron chi connectivity index (χ0n) is 10.5. The number of rotatable bonds is 8. The molecule has 1 atom stereocenters. The van der Waals surface area contributed by atoms with Crippen molar-refractivity contribution in [2.45, 2.75) is 57.5 Å². The van der Waals surface area contributed by atoms with Gasteiger partial charge in [0.05, 0.1) is 25.4 Å². The maximum absolute atomic E-state index is 8.92. The molecule has 16 heavy (non-hydrogen) atoms. The molecular formula is C13H26O3. The number of aliphatic hydroxyl groups is 1. The number of hydrogen-bond donors (Lipinski definition) is 1. The van der Waals surface area contributed by atoms with E-state index in [4.69, 9.17) is 14.6 Å². The van der Waals surface area contributed by atoms with E-state index in [-0.39, 0.29) is 12.2 Å². The van der Waals surface area contributed by atoms with Gasteiger partial charge in [-0.2, -0.15) is 0 Å². The Morgan fingerprint density at radius 1 is 1.06 bits per heavy atom. The third-order valence-corrected chi connectivity index (χ3v) is 3.28. The molecule has 96 valence electrons. The summed E-state index contributed by atoms with van der Waals surface area (Å²) in [5.41, 5.74) is -0.102. The van der Waals surface area contributed by atoms with Crippen molar-refractivity contribution in [2.75, 3.05) is 26.4 Å². The zero-order chi connectivity index (χ0) is 11.7. The molecule has 1 N–H and O–H groups in total. The van der Waals surface area contributed by atoms with Crippen molar-refractivity contribution < 1.29 is 14.6 Å². The summed E-state index contributed by atoms with van der Waals surface area (Å²) in [5.74, 6) is 0. The molecule has 1 rings (SSSR count). The SMILES string of the molecule is CCCCCCC1(CCCO)COCCO1. The monoisotopic (exact) mass is 230 g/mol. The summed E-state index contributed by atoms with van der Waals surface area (Å²) >= 11 is 0. The van der Waals surface area contributed by atoms with Crippen molar-refractivity contribution in [1.82, 2.24) is 0 Å². The van der Waals surface area contributed by atoms with E-state index in [9.17, 15) is 0 Å². The van der Waals surface area contributed by atoms with Crippen LogP contribution in [-0.4, -0.2) is 37.1 Å². The van der Waals surface area contributed by atoms with Gasteiger partial charge in [0.25, 0.3) is 0 Å². The smallest absolute Gasteiger partial charge is 0.0916 e. The third-order valence-electron chi connectivity index (χ3n) is 3.28. The van der Waals surface area contributed by atoms with Gasteiger partial charge in [-0.25, -0.2) is 0 Å². The highest BCUT2D eigenvalue weighted by Gasteiger charge is 2.32. The van der Waals surface area contributed by atoms with Crippen LogP contribution >= 0.6 is 0 Å². The average molecular weight is 230 g/mol. The van der Waals surface area contributed by atoms with Gasteiger partial charge < -0.3 is 14.6 Å². The first kappa shape index (κ1) is 13.9. The fourth-order valence-electron chi connectivity index (χ4n) is 2.31. The van der Waals surface area contributed by atoms with Crippen molar-refractivity contribution in [3.8, 4) is 0 Å². The van der Waals surface area contributed by atoms with Crippen molar-refractivity contribution in [3.63, 3.8) is 0 Å². The molecule has 1 fully saturated rings. The topological polar surface area (TPSA) is 38.7 Å². The number of unbranched alkanes of at least 4 members (excludes halogenated alkanes) is 3. The molecule has 0 radical (unpaired) electrons. The minimum atomic E-state index is -0.102. The number of hydrogen-bond acceptors (Lipinski definition) is 3. The van der Waals surface area contributed by atoms with Gasteiger partial charge in [0.2, 0.25) is 0 Å². The summed E-state index contributed by atoms with van der Waals surface area (Å²) < 4.78 is 11.4. The van der Waals surface area contributed by atoms with Gasteiger partial charge in [-0.1, -0.05) is 32.6 Å². The van der Waals surface area contributed by atoms with Crippen LogP contribution in [0, 0.1) is 0 Å². The first-order valence-electron chi connectivity index (χ1n) is 6.65. The molecule has 0 aromatic carbocycles. The zero-order valence-corrected chi connectivity index (χ0v) is 10.5. The summed E-state index contributed by atoms with van der Waals surface area (Å²) in [4.78, 5) is 0. The Bertz CT molecular complexity index is 165. The summed E-state index contributed by atoms with van der Waals surface area (Å²) in [6, 6.07) is 0. The Labute approximate surface area is 99.1 Å². The lowest BCUT2D eigenvalue weighted by molar-refractivity contribution is -0.165. The van der Waals surface area contributed by atoms with Crippen LogP contribution in [0.2, 0.25) is 0 Å². The minimum Gasteiger partial charge on any atom is -0.396 e. The lowest BCUT2D eigenvalue weighted by Crippen LogP contribution is -2.43. The maximum atomic E-state index is 8.92. The minimum absolute atomic E-state index is 0.102. The molecule has 0 bridgehead atoms. The van der Waals surface area contributed by atoms with E-state index >= 15 is 0 Å². The van der Waals surface area contributed by atoms with Gasteiger partial charge in [0.1, 0.15) is 0 Å². The Morgan fingerprint density at radius 3 is 2.50 bits per heavy atom. The van der Waals surface area contributed by atoms with E-state index in [0.29, 0.717) is 13.2 Å². The highest BCUT2D eigenvalue weighted by Crippen LogP contribution is 2.28. The second kappa shape index (κ2) is 8.04. The maximum Gasteiger partial charge on any atom is 0.0916 e. The average Bonchev–Trinajstić information content (AvgIpc) is 2.34. The summed E-state index contributed by atoms with van der Waals surface area (Å²) in [7, 11) is 0. The van der Waals surface area contributed by atoms with Crippen molar-refractivity contribution in [1.29, 1.82) is 0 Å². The Hall–Kier alpha value is -0.120. The third kappa shape index (κ3) is 4.81. The second-order valence-corrected chi connectivity index (χ2v) is 4.72. The van der Waals surface area contributed by atoms with Crippen molar-refractivity contribution >= 4 is 0 Å². The van der Waals surface area contributed by atoms with Crippen LogP contribution in [0.25, 0.3) is 0 Å². The Kier molecular flexibility index (Phi) is 7.01. The van der Waals surface area contributed by atoms with E-state index in [2.05, 4.69) is 6.92 Å². The van der Waals surface area contributed by atoms with E-state index < -0.39 is 0 Å². The van der Waals surface area contributed by atoms with Crippen LogP contribution < -0.4 is 0 Å². The van der Waals surface area contributed by atoms with Gasteiger partial charge in [0, 0.05) is 6.61 Å². The molecule has 0 saturated carbocycles. The quantitative estimate of drug-likeness (QED) is 0.651. The summed E-state index contributed by atoms with van der Waals surface area (Å²) in [5, 5.41) is 8.92. The van der Waals surface area contributed by atoms with Gasteiger partial charge in [-0.3, -0.25) is 0 Å². The van der Waals surface area contributed by atoms with Crippen LogP contribution in [0.1, 0.15) is 51.9 Å². The van der Waals surface area contributed by atoms with E-state index in [0.717, 1.165) is 25.9 Å². The predicted octanol–water partition coefficient (Wildman–Crippen LogP) is 2.51. The Morgan fingerprint density at radius 2 is 1.88 bits per heavy atom. The van der Waals surface area contributed by atoms with Crippen molar-refractivity contribution in [2.24, 2.45) is 0 Å². The lowest BCUT2D eigenvalue weighted by Gasteiger charge is -2.37. The van der Waals surface area contributed by atoms with Crippen LogP contribution in [0.3, 0.4) is 0 Å². The molecule has 0 aromatic heterocycles. The molecule has 3 heteroatoms. The molecule has 0 aliphatic carbocycles. The molecule has 0 aromatic rings. The molecule has 1 unspecified atom stereocenters. The van der Waals surface area contributed by atoms with Crippen LogP contribution in [-0.2, 0) is 9.47 Å². The van der Waals surface area contributed by atoms with Gasteiger partial charge in [-0.15, -0.1) is 0 Å². The molecule has 1 aliphatic rings. The summed E-state index contributed by atoms with van der Waals surface area (Å²) in [6.07, 6.45) is 7.88. The molecule has 0 spiro atoms. The lowest BCUT2D eigenvalue weighted by atomic mass is 9.91. The molecule has 3 nitrogen and oxygen atoms in total.